The molecule has 0 aliphatic heterocycles. The Labute approximate surface area is 99.6 Å². The Hall–Kier alpha value is -1.04. The summed E-state index contributed by atoms with van der Waals surface area (Å²) in [5, 5.41) is 4.22. The minimum Gasteiger partial charge on any atom is -0.212 e. The lowest BCUT2D eigenvalue weighted by Crippen LogP contribution is -1.94. The van der Waals surface area contributed by atoms with Crippen molar-refractivity contribution in [1.82, 2.24) is 14.6 Å². The van der Waals surface area contributed by atoms with Crippen LogP contribution in [-0.4, -0.2) is 14.6 Å². The van der Waals surface area contributed by atoms with Gasteiger partial charge in [-0.05, 0) is 34.5 Å². The van der Waals surface area contributed by atoms with E-state index >= 15 is 0 Å². The highest BCUT2D eigenvalue weighted by Gasteiger charge is 2.13. The molecule has 2 rings (SSSR count). The Bertz CT molecular complexity index is 510. The molecule has 0 fully saturated rings. The van der Waals surface area contributed by atoms with Gasteiger partial charge in [0.15, 0.2) is 11.5 Å². The SMILES string of the molecule is CCCc1nc2cc(C(F)F)cc(Br)n2n1. The lowest BCUT2D eigenvalue weighted by atomic mass is 10.3. The van der Waals surface area contributed by atoms with Gasteiger partial charge in [0.05, 0.1) is 0 Å². The summed E-state index contributed by atoms with van der Waals surface area (Å²) < 4.78 is 27.1. The fourth-order valence-corrected chi connectivity index (χ4v) is 1.99. The zero-order valence-corrected chi connectivity index (χ0v) is 10.2. The summed E-state index contributed by atoms with van der Waals surface area (Å²) in [4.78, 5) is 4.19. The van der Waals surface area contributed by atoms with Crippen LogP contribution in [-0.2, 0) is 6.42 Å². The fraction of sp³-hybridized carbons (Fsp3) is 0.400. The molecule has 0 saturated heterocycles. The number of hydrogen-bond acceptors (Lipinski definition) is 2. The van der Waals surface area contributed by atoms with Gasteiger partial charge in [-0.2, -0.15) is 5.10 Å². The number of rotatable bonds is 3. The molecule has 0 aliphatic carbocycles. The topological polar surface area (TPSA) is 30.2 Å². The van der Waals surface area contributed by atoms with Crippen molar-refractivity contribution in [2.24, 2.45) is 0 Å². The molecule has 2 heterocycles. The molecule has 0 saturated carbocycles. The van der Waals surface area contributed by atoms with E-state index in [9.17, 15) is 8.78 Å². The highest BCUT2D eigenvalue weighted by atomic mass is 79.9. The van der Waals surface area contributed by atoms with E-state index < -0.39 is 6.43 Å². The van der Waals surface area contributed by atoms with E-state index in [-0.39, 0.29) is 5.56 Å². The molecule has 0 aromatic carbocycles. The highest BCUT2D eigenvalue weighted by molar-refractivity contribution is 9.10. The van der Waals surface area contributed by atoms with E-state index in [1.165, 1.54) is 16.6 Å². The molecule has 2 aromatic rings. The van der Waals surface area contributed by atoms with Gasteiger partial charge in [0.25, 0.3) is 6.43 Å². The maximum atomic E-state index is 12.6. The maximum absolute atomic E-state index is 12.6. The number of pyridine rings is 1. The van der Waals surface area contributed by atoms with Crippen LogP contribution in [0.2, 0.25) is 0 Å². The third-order valence-electron chi connectivity index (χ3n) is 2.19. The summed E-state index contributed by atoms with van der Waals surface area (Å²) in [5.41, 5.74) is 0.406. The number of halogens is 3. The number of aryl methyl sites for hydroxylation is 1. The quantitative estimate of drug-likeness (QED) is 0.811. The van der Waals surface area contributed by atoms with Crippen molar-refractivity contribution in [1.29, 1.82) is 0 Å². The largest absolute Gasteiger partial charge is 0.264 e. The molecule has 0 radical (unpaired) electrons. The second-order valence-electron chi connectivity index (χ2n) is 3.46. The molecule has 0 unspecified atom stereocenters. The van der Waals surface area contributed by atoms with Crippen LogP contribution < -0.4 is 0 Å². The van der Waals surface area contributed by atoms with Crippen molar-refractivity contribution in [2.45, 2.75) is 26.2 Å². The van der Waals surface area contributed by atoms with Crippen LogP contribution in [0.1, 0.15) is 31.2 Å². The number of alkyl halides is 2. The molecule has 0 spiro atoms. The van der Waals surface area contributed by atoms with Gasteiger partial charge >= 0.3 is 0 Å². The molecule has 6 heteroatoms. The van der Waals surface area contributed by atoms with Gasteiger partial charge in [-0.25, -0.2) is 18.3 Å². The number of aromatic nitrogens is 3. The number of fused-ring (bicyclic) bond motifs is 1. The summed E-state index contributed by atoms with van der Waals surface area (Å²) in [7, 11) is 0. The first-order valence-electron chi connectivity index (χ1n) is 4.95. The Morgan fingerprint density at radius 3 is 2.81 bits per heavy atom. The van der Waals surface area contributed by atoms with E-state index in [1.54, 1.807) is 0 Å². The minimum atomic E-state index is -2.49. The molecule has 0 atom stereocenters. The van der Waals surface area contributed by atoms with E-state index in [0.29, 0.717) is 16.1 Å². The Morgan fingerprint density at radius 2 is 2.19 bits per heavy atom. The van der Waals surface area contributed by atoms with E-state index in [2.05, 4.69) is 26.0 Å². The lowest BCUT2D eigenvalue weighted by molar-refractivity contribution is 0.151. The predicted octanol–water partition coefficient (Wildman–Crippen LogP) is 3.38. The molecule has 0 N–H and O–H groups in total. The van der Waals surface area contributed by atoms with Crippen LogP contribution in [0.3, 0.4) is 0 Å². The molecule has 86 valence electrons. The number of nitrogens with zero attached hydrogens (tertiary/aromatic N) is 3. The molecular weight excluding hydrogens is 280 g/mol. The summed E-state index contributed by atoms with van der Waals surface area (Å²) in [6, 6.07) is 2.73. The zero-order chi connectivity index (χ0) is 11.7. The normalized spacial score (nSPS) is 11.6. The van der Waals surface area contributed by atoms with Crippen LogP contribution in [0.4, 0.5) is 8.78 Å². The molecule has 0 bridgehead atoms. The van der Waals surface area contributed by atoms with Crippen molar-refractivity contribution >= 4 is 21.6 Å². The molecular formula is C10H10BrF2N3. The molecule has 3 nitrogen and oxygen atoms in total. The van der Waals surface area contributed by atoms with Gasteiger partial charge in [-0.3, -0.25) is 0 Å². The predicted molar refractivity (Wildman–Crippen MR) is 59.6 cm³/mol. The van der Waals surface area contributed by atoms with Crippen LogP contribution in [0.5, 0.6) is 0 Å². The standard InChI is InChI=1S/C10H10BrF2N3/c1-2-3-8-14-9-5-6(10(12)13)4-7(11)16(9)15-8/h4-5,10H,2-3H2,1H3. The fourth-order valence-electron chi connectivity index (χ4n) is 1.46. The van der Waals surface area contributed by atoms with E-state index in [4.69, 9.17) is 0 Å². The highest BCUT2D eigenvalue weighted by Crippen LogP contribution is 2.24. The number of hydrogen-bond donors (Lipinski definition) is 0. The smallest absolute Gasteiger partial charge is 0.212 e. The molecule has 16 heavy (non-hydrogen) atoms. The summed E-state index contributed by atoms with van der Waals surface area (Å²) in [6.45, 7) is 2.02. The van der Waals surface area contributed by atoms with Gasteiger partial charge in [-0.1, -0.05) is 6.92 Å². The Kier molecular flexibility index (Phi) is 3.18. The van der Waals surface area contributed by atoms with E-state index in [1.807, 2.05) is 6.92 Å². The molecule has 0 amide bonds. The Balaban J connectivity index is 2.54. The summed E-state index contributed by atoms with van der Waals surface area (Å²) in [6.07, 6.45) is -0.818. The van der Waals surface area contributed by atoms with Crippen LogP contribution in [0.15, 0.2) is 16.7 Å². The van der Waals surface area contributed by atoms with Crippen LogP contribution in [0.25, 0.3) is 5.65 Å². The molecule has 0 aliphatic rings. The second kappa shape index (κ2) is 4.45. The van der Waals surface area contributed by atoms with Crippen LogP contribution in [0, 0.1) is 0 Å². The average molecular weight is 290 g/mol. The van der Waals surface area contributed by atoms with Crippen molar-refractivity contribution < 1.29 is 8.78 Å². The van der Waals surface area contributed by atoms with Crippen LogP contribution >= 0.6 is 15.9 Å². The lowest BCUT2D eigenvalue weighted by Gasteiger charge is -2.01. The molecule has 2 aromatic heterocycles. The third-order valence-corrected chi connectivity index (χ3v) is 2.75. The zero-order valence-electron chi connectivity index (χ0n) is 8.62. The monoisotopic (exact) mass is 289 g/mol. The van der Waals surface area contributed by atoms with E-state index in [0.717, 1.165) is 12.8 Å². The minimum absolute atomic E-state index is 0.0465. The van der Waals surface area contributed by atoms with Crippen molar-refractivity contribution in [3.05, 3.63) is 28.1 Å². The van der Waals surface area contributed by atoms with Gasteiger partial charge in [0.1, 0.15) is 4.60 Å². The summed E-state index contributed by atoms with van der Waals surface area (Å²) >= 11 is 3.21. The van der Waals surface area contributed by atoms with Crippen molar-refractivity contribution in [3.63, 3.8) is 0 Å². The Morgan fingerprint density at radius 1 is 1.44 bits per heavy atom. The van der Waals surface area contributed by atoms with Gasteiger partial charge in [0.2, 0.25) is 0 Å². The van der Waals surface area contributed by atoms with Gasteiger partial charge in [-0.15, -0.1) is 0 Å². The van der Waals surface area contributed by atoms with Gasteiger partial charge in [0, 0.05) is 12.0 Å². The first-order valence-corrected chi connectivity index (χ1v) is 5.74. The summed E-state index contributed by atoms with van der Waals surface area (Å²) in [5.74, 6) is 0.676. The van der Waals surface area contributed by atoms with Crippen molar-refractivity contribution in [2.75, 3.05) is 0 Å². The van der Waals surface area contributed by atoms with Gasteiger partial charge < -0.3 is 0 Å². The first kappa shape index (κ1) is 11.4. The third kappa shape index (κ3) is 2.07. The van der Waals surface area contributed by atoms with Crippen molar-refractivity contribution in [3.8, 4) is 0 Å². The maximum Gasteiger partial charge on any atom is 0.264 e. The first-order chi connectivity index (χ1) is 7.61. The average Bonchev–Trinajstić information content (AvgIpc) is 2.61. The second-order valence-corrected chi connectivity index (χ2v) is 4.27.